The second-order valence-electron chi connectivity index (χ2n) is 5.98. The summed E-state index contributed by atoms with van der Waals surface area (Å²) in [5.41, 5.74) is 3.08. The minimum atomic E-state index is -0.609. The predicted octanol–water partition coefficient (Wildman–Crippen LogP) is 4.26. The van der Waals surface area contributed by atoms with Gasteiger partial charge in [0.2, 0.25) is 0 Å². The number of rotatable bonds is 2. The van der Waals surface area contributed by atoms with Crippen LogP contribution in [0.25, 0.3) is 0 Å². The van der Waals surface area contributed by atoms with Crippen LogP contribution >= 0.6 is 0 Å². The van der Waals surface area contributed by atoms with Gasteiger partial charge in [0.1, 0.15) is 17.7 Å². The van der Waals surface area contributed by atoms with Crippen LogP contribution < -0.4 is 4.74 Å². The maximum atomic E-state index is 13.3. The molecule has 0 bridgehead atoms. The third-order valence-electron chi connectivity index (χ3n) is 4.40. The van der Waals surface area contributed by atoms with Crippen LogP contribution in [0.1, 0.15) is 54.1 Å². The highest BCUT2D eigenvalue weighted by molar-refractivity contribution is 5.39. The van der Waals surface area contributed by atoms with Crippen molar-refractivity contribution in [3.63, 3.8) is 0 Å². The SMILES string of the molecule is O[C@@H]1CC(c2ccc(C3CC3)cc2)Oc2cc(F)ccc21. The molecule has 1 unspecified atom stereocenters. The van der Waals surface area contributed by atoms with Gasteiger partial charge in [-0.05, 0) is 42.0 Å². The van der Waals surface area contributed by atoms with Crippen LogP contribution in [0.3, 0.4) is 0 Å². The van der Waals surface area contributed by atoms with Crippen LogP contribution in [0, 0.1) is 5.82 Å². The van der Waals surface area contributed by atoms with E-state index < -0.39 is 6.10 Å². The quantitative estimate of drug-likeness (QED) is 0.892. The first kappa shape index (κ1) is 12.8. The molecule has 1 aliphatic carbocycles. The van der Waals surface area contributed by atoms with Crippen LogP contribution in [-0.2, 0) is 0 Å². The van der Waals surface area contributed by atoms with Crippen molar-refractivity contribution in [2.45, 2.75) is 37.4 Å². The zero-order chi connectivity index (χ0) is 14.4. The van der Waals surface area contributed by atoms with E-state index in [-0.39, 0.29) is 11.9 Å². The molecule has 4 rings (SSSR count). The lowest BCUT2D eigenvalue weighted by Crippen LogP contribution is -2.19. The highest BCUT2D eigenvalue weighted by Crippen LogP contribution is 2.43. The second-order valence-corrected chi connectivity index (χ2v) is 5.98. The molecule has 1 heterocycles. The molecule has 2 aromatic rings. The maximum Gasteiger partial charge on any atom is 0.128 e. The van der Waals surface area contributed by atoms with Gasteiger partial charge in [0.15, 0.2) is 0 Å². The van der Waals surface area contributed by atoms with E-state index in [0.717, 1.165) is 11.5 Å². The van der Waals surface area contributed by atoms with Gasteiger partial charge in [0.25, 0.3) is 0 Å². The first-order valence-electron chi connectivity index (χ1n) is 7.45. The van der Waals surface area contributed by atoms with Gasteiger partial charge >= 0.3 is 0 Å². The van der Waals surface area contributed by atoms with E-state index in [1.54, 1.807) is 6.07 Å². The van der Waals surface area contributed by atoms with E-state index in [0.29, 0.717) is 17.7 Å². The zero-order valence-electron chi connectivity index (χ0n) is 11.6. The van der Waals surface area contributed by atoms with Crippen molar-refractivity contribution in [2.24, 2.45) is 0 Å². The lowest BCUT2D eigenvalue weighted by atomic mass is 9.94. The van der Waals surface area contributed by atoms with Crippen molar-refractivity contribution >= 4 is 0 Å². The summed E-state index contributed by atoms with van der Waals surface area (Å²) in [6.45, 7) is 0. The Morgan fingerprint density at radius 3 is 2.43 bits per heavy atom. The molecule has 108 valence electrons. The van der Waals surface area contributed by atoms with Gasteiger partial charge < -0.3 is 9.84 Å². The minimum Gasteiger partial charge on any atom is -0.485 e. The predicted molar refractivity (Wildman–Crippen MR) is 77.8 cm³/mol. The van der Waals surface area contributed by atoms with Gasteiger partial charge in [-0.15, -0.1) is 0 Å². The van der Waals surface area contributed by atoms with Crippen molar-refractivity contribution in [2.75, 3.05) is 0 Å². The smallest absolute Gasteiger partial charge is 0.128 e. The van der Waals surface area contributed by atoms with Crippen LogP contribution in [-0.4, -0.2) is 5.11 Å². The third-order valence-corrected chi connectivity index (χ3v) is 4.40. The van der Waals surface area contributed by atoms with Crippen LogP contribution in [0.2, 0.25) is 0 Å². The number of aliphatic hydroxyl groups is 1. The van der Waals surface area contributed by atoms with Gasteiger partial charge in [-0.1, -0.05) is 24.3 Å². The molecule has 0 radical (unpaired) electrons. The molecule has 0 saturated heterocycles. The molecule has 21 heavy (non-hydrogen) atoms. The van der Waals surface area contributed by atoms with Crippen molar-refractivity contribution in [3.05, 3.63) is 65.0 Å². The molecule has 2 nitrogen and oxygen atoms in total. The largest absolute Gasteiger partial charge is 0.485 e. The fraction of sp³-hybridized carbons (Fsp3) is 0.333. The van der Waals surface area contributed by atoms with E-state index in [1.165, 1.54) is 30.5 Å². The Morgan fingerprint density at radius 2 is 1.71 bits per heavy atom. The molecular weight excluding hydrogens is 267 g/mol. The number of hydrogen-bond acceptors (Lipinski definition) is 2. The fourth-order valence-corrected chi connectivity index (χ4v) is 3.02. The monoisotopic (exact) mass is 284 g/mol. The molecule has 0 amide bonds. The van der Waals surface area contributed by atoms with E-state index >= 15 is 0 Å². The summed E-state index contributed by atoms with van der Waals surface area (Å²) in [5.74, 6) is 0.836. The maximum absolute atomic E-state index is 13.3. The summed E-state index contributed by atoms with van der Waals surface area (Å²) in [4.78, 5) is 0. The normalized spacial score (nSPS) is 24.3. The Kier molecular flexibility index (Phi) is 2.96. The summed E-state index contributed by atoms with van der Waals surface area (Å²) in [6, 6.07) is 12.7. The fourth-order valence-electron chi connectivity index (χ4n) is 3.02. The minimum absolute atomic E-state index is 0.220. The van der Waals surface area contributed by atoms with Gasteiger partial charge in [0, 0.05) is 18.1 Å². The summed E-state index contributed by atoms with van der Waals surface area (Å²) < 4.78 is 19.2. The number of halogens is 1. The Morgan fingerprint density at radius 1 is 1.00 bits per heavy atom. The van der Waals surface area contributed by atoms with Crippen LogP contribution in [0.5, 0.6) is 5.75 Å². The Bertz CT molecular complexity index is 661. The van der Waals surface area contributed by atoms with E-state index in [4.69, 9.17) is 4.74 Å². The Hall–Kier alpha value is -1.87. The number of fused-ring (bicyclic) bond motifs is 1. The highest BCUT2D eigenvalue weighted by Gasteiger charge is 2.29. The second kappa shape index (κ2) is 4.85. The Balaban J connectivity index is 1.61. The van der Waals surface area contributed by atoms with Crippen molar-refractivity contribution < 1.29 is 14.2 Å². The van der Waals surface area contributed by atoms with Gasteiger partial charge in [-0.2, -0.15) is 0 Å². The lowest BCUT2D eigenvalue weighted by molar-refractivity contribution is 0.0654. The van der Waals surface area contributed by atoms with Crippen LogP contribution in [0.15, 0.2) is 42.5 Å². The van der Waals surface area contributed by atoms with E-state index in [1.807, 2.05) is 0 Å². The van der Waals surface area contributed by atoms with Gasteiger partial charge in [-0.3, -0.25) is 0 Å². The Labute approximate surface area is 123 Å². The number of ether oxygens (including phenoxy) is 1. The summed E-state index contributed by atoms with van der Waals surface area (Å²) in [6.07, 6.45) is 2.24. The lowest BCUT2D eigenvalue weighted by Gasteiger charge is -2.30. The van der Waals surface area contributed by atoms with Crippen molar-refractivity contribution in [3.8, 4) is 5.75 Å². The molecular formula is C18H17FO2. The average Bonchev–Trinajstić information content (AvgIpc) is 3.31. The molecule has 0 aromatic heterocycles. The first-order chi connectivity index (χ1) is 10.2. The molecule has 2 aliphatic rings. The summed E-state index contributed by atoms with van der Waals surface area (Å²) in [5, 5.41) is 10.2. The summed E-state index contributed by atoms with van der Waals surface area (Å²) in [7, 11) is 0. The van der Waals surface area contributed by atoms with Crippen molar-refractivity contribution in [1.29, 1.82) is 0 Å². The van der Waals surface area contributed by atoms with Gasteiger partial charge in [0.05, 0.1) is 6.10 Å². The van der Waals surface area contributed by atoms with E-state index in [9.17, 15) is 9.50 Å². The molecule has 0 spiro atoms. The number of benzene rings is 2. The number of hydrogen-bond donors (Lipinski definition) is 1. The van der Waals surface area contributed by atoms with Crippen molar-refractivity contribution in [1.82, 2.24) is 0 Å². The third kappa shape index (κ3) is 2.42. The molecule has 2 aromatic carbocycles. The highest BCUT2D eigenvalue weighted by atomic mass is 19.1. The molecule has 1 fully saturated rings. The standard InChI is InChI=1S/C18H17FO2/c19-14-7-8-15-16(20)10-17(21-18(15)9-14)13-5-3-12(4-6-13)11-1-2-11/h3-9,11,16-17,20H,1-2,10H2/t16-,17?/m1/s1. The molecule has 1 saturated carbocycles. The molecule has 3 heteroatoms. The van der Waals surface area contributed by atoms with Crippen LogP contribution in [0.4, 0.5) is 4.39 Å². The molecule has 1 aliphatic heterocycles. The first-order valence-corrected chi connectivity index (χ1v) is 7.45. The van der Waals surface area contributed by atoms with Gasteiger partial charge in [-0.25, -0.2) is 4.39 Å². The van der Waals surface area contributed by atoms with E-state index in [2.05, 4.69) is 24.3 Å². The average molecular weight is 284 g/mol. The topological polar surface area (TPSA) is 29.5 Å². The number of aliphatic hydroxyl groups excluding tert-OH is 1. The molecule has 1 N–H and O–H groups in total. The zero-order valence-corrected chi connectivity index (χ0v) is 11.6. The summed E-state index contributed by atoms with van der Waals surface area (Å²) >= 11 is 0. The molecule has 2 atom stereocenters.